The van der Waals surface area contributed by atoms with Gasteiger partial charge in [-0.2, -0.15) is 13.2 Å². The molecule has 0 saturated carbocycles. The van der Waals surface area contributed by atoms with Crippen molar-refractivity contribution >= 4 is 16.9 Å². The molecule has 0 unspecified atom stereocenters. The standard InChI is InChI=1S/C22H17F4N5OS/c1-4-14(12(2)23)17-8-18-19(28-17)9-31(11-27-18)10-20-29-30-21(33-20)15-6-5-13(32-3)7-16(15)22(24,25)26/h4-9,11H,2,10H2,1,3H3. The van der Waals surface area contributed by atoms with Gasteiger partial charge >= 0.3 is 6.18 Å². The third kappa shape index (κ3) is 4.63. The Morgan fingerprint density at radius 1 is 1.21 bits per heavy atom. The Balaban J connectivity index is 1.62. The molecule has 1 aromatic heterocycles. The molecule has 2 aliphatic heterocycles. The summed E-state index contributed by atoms with van der Waals surface area (Å²) >= 11 is 1.05. The van der Waals surface area contributed by atoms with E-state index in [2.05, 4.69) is 26.7 Å². The number of rotatable bonds is 6. The molecule has 0 amide bonds. The number of halogens is 4. The van der Waals surface area contributed by atoms with Gasteiger partial charge in [-0.05, 0) is 31.2 Å². The van der Waals surface area contributed by atoms with Crippen molar-refractivity contribution in [3.63, 3.8) is 0 Å². The van der Waals surface area contributed by atoms with Gasteiger partial charge in [0, 0.05) is 17.3 Å². The lowest BCUT2D eigenvalue weighted by atomic mass is 10.1. The summed E-state index contributed by atoms with van der Waals surface area (Å²) in [5, 5.41) is 8.61. The van der Waals surface area contributed by atoms with Crippen molar-refractivity contribution in [2.45, 2.75) is 19.6 Å². The Labute approximate surface area is 190 Å². The van der Waals surface area contributed by atoms with Gasteiger partial charge in [0.15, 0.2) is 0 Å². The number of nitrogens with zero attached hydrogens (tertiary/aromatic N) is 5. The molecule has 1 aromatic carbocycles. The number of allylic oxidation sites excluding steroid dienone is 3. The van der Waals surface area contributed by atoms with E-state index in [1.807, 2.05) is 0 Å². The average molecular weight is 475 g/mol. The summed E-state index contributed by atoms with van der Waals surface area (Å²) < 4.78 is 60.8. The third-order valence-electron chi connectivity index (χ3n) is 4.81. The number of alkyl halides is 3. The molecule has 2 aromatic rings. The molecule has 0 bridgehead atoms. The van der Waals surface area contributed by atoms with Crippen LogP contribution in [0.25, 0.3) is 27.5 Å². The lowest BCUT2D eigenvalue weighted by Gasteiger charge is -2.12. The Bertz CT molecular complexity index is 1320. The molecule has 170 valence electrons. The van der Waals surface area contributed by atoms with Gasteiger partial charge < -0.3 is 9.30 Å². The van der Waals surface area contributed by atoms with E-state index in [0.29, 0.717) is 22.1 Å². The highest BCUT2D eigenvalue weighted by molar-refractivity contribution is 7.14. The Morgan fingerprint density at radius 3 is 2.67 bits per heavy atom. The molecule has 0 N–H and O–H groups in total. The first-order valence-electron chi connectivity index (χ1n) is 9.61. The van der Waals surface area contributed by atoms with Crippen LogP contribution in [0.2, 0.25) is 0 Å². The molecule has 0 spiro atoms. The second-order valence-corrected chi connectivity index (χ2v) is 8.04. The summed E-state index contributed by atoms with van der Waals surface area (Å²) in [4.78, 5) is 8.71. The fourth-order valence-electron chi connectivity index (χ4n) is 3.27. The molecule has 0 atom stereocenters. The summed E-state index contributed by atoms with van der Waals surface area (Å²) in [6, 6.07) is 5.36. The quantitative estimate of drug-likeness (QED) is 0.258. The SMILES string of the molecule is C=C(F)C(=CC)c1cc2ncn(Cc3nnc(-c4ccc(OC)cc4C(F)(F)F)s3)cc-2n1. The van der Waals surface area contributed by atoms with Crippen LogP contribution in [-0.4, -0.2) is 31.8 Å². The summed E-state index contributed by atoms with van der Waals surface area (Å²) in [6.07, 6.45) is 0.255. The number of hydrogen-bond donors (Lipinski definition) is 0. The van der Waals surface area contributed by atoms with Gasteiger partial charge in [-0.1, -0.05) is 24.0 Å². The van der Waals surface area contributed by atoms with Gasteiger partial charge in [0.25, 0.3) is 0 Å². The predicted octanol–water partition coefficient (Wildman–Crippen LogP) is 5.86. The van der Waals surface area contributed by atoms with Crippen molar-refractivity contribution in [3.05, 3.63) is 71.5 Å². The zero-order chi connectivity index (χ0) is 23.8. The van der Waals surface area contributed by atoms with Gasteiger partial charge in [0.1, 0.15) is 27.3 Å². The van der Waals surface area contributed by atoms with Crippen LogP contribution < -0.4 is 4.74 Å². The third-order valence-corrected chi connectivity index (χ3v) is 5.76. The van der Waals surface area contributed by atoms with Crippen LogP contribution in [0.5, 0.6) is 5.75 Å². The van der Waals surface area contributed by atoms with E-state index in [1.54, 1.807) is 36.2 Å². The fourth-order valence-corrected chi connectivity index (χ4v) is 4.16. The average Bonchev–Trinajstić information content (AvgIpc) is 3.39. The van der Waals surface area contributed by atoms with Crippen LogP contribution in [0.15, 0.2) is 55.3 Å². The van der Waals surface area contributed by atoms with Gasteiger partial charge in [0.05, 0.1) is 36.9 Å². The summed E-state index contributed by atoms with van der Waals surface area (Å²) in [5.41, 5.74) is 0.900. The molecular weight excluding hydrogens is 458 g/mol. The van der Waals surface area contributed by atoms with Gasteiger partial charge in [0.2, 0.25) is 0 Å². The number of hydrogen-bond acceptors (Lipinski definition) is 6. The minimum absolute atomic E-state index is 0.0710. The monoisotopic (exact) mass is 475 g/mol. The number of benzene rings is 1. The zero-order valence-electron chi connectivity index (χ0n) is 17.5. The van der Waals surface area contributed by atoms with E-state index in [-0.39, 0.29) is 28.4 Å². The van der Waals surface area contributed by atoms with Crippen molar-refractivity contribution in [2.24, 2.45) is 0 Å². The van der Waals surface area contributed by atoms with Crippen LogP contribution >= 0.6 is 11.3 Å². The molecule has 11 heteroatoms. The maximum atomic E-state index is 13.6. The van der Waals surface area contributed by atoms with E-state index in [9.17, 15) is 17.6 Å². The topological polar surface area (TPSA) is 65.7 Å². The summed E-state index contributed by atoms with van der Waals surface area (Å²) in [7, 11) is 1.30. The van der Waals surface area contributed by atoms with E-state index >= 15 is 0 Å². The van der Waals surface area contributed by atoms with E-state index < -0.39 is 17.6 Å². The minimum Gasteiger partial charge on any atom is -0.497 e. The molecule has 0 radical (unpaired) electrons. The smallest absolute Gasteiger partial charge is 0.417 e. The fraction of sp³-hybridized carbons (Fsp3) is 0.182. The molecule has 33 heavy (non-hydrogen) atoms. The highest BCUT2D eigenvalue weighted by Crippen LogP contribution is 2.40. The van der Waals surface area contributed by atoms with Crippen LogP contribution in [0.3, 0.4) is 0 Å². The summed E-state index contributed by atoms with van der Waals surface area (Å²) in [5.74, 6) is -0.490. The zero-order valence-corrected chi connectivity index (χ0v) is 18.3. The number of fused-ring (bicyclic) bond motifs is 1. The van der Waals surface area contributed by atoms with E-state index in [4.69, 9.17) is 4.74 Å². The molecule has 0 saturated heterocycles. The Kier molecular flexibility index (Phi) is 5.98. The van der Waals surface area contributed by atoms with Gasteiger partial charge in [-0.15, -0.1) is 10.2 Å². The van der Waals surface area contributed by atoms with Crippen LogP contribution in [-0.2, 0) is 12.7 Å². The van der Waals surface area contributed by atoms with Crippen molar-refractivity contribution < 1.29 is 22.3 Å². The maximum Gasteiger partial charge on any atom is 0.417 e. The molecule has 2 aliphatic rings. The first-order chi connectivity index (χ1) is 15.7. The normalized spacial score (nSPS) is 12.4. The van der Waals surface area contributed by atoms with E-state index in [1.165, 1.54) is 19.2 Å². The number of aromatic nitrogens is 5. The largest absolute Gasteiger partial charge is 0.497 e. The molecule has 4 rings (SSSR count). The molecule has 0 aliphatic carbocycles. The maximum absolute atomic E-state index is 13.6. The number of ether oxygens (including phenoxy) is 1. The second-order valence-electron chi connectivity index (χ2n) is 6.98. The molecular formula is C22H17F4N5OS. The predicted molar refractivity (Wildman–Crippen MR) is 117 cm³/mol. The highest BCUT2D eigenvalue weighted by atomic mass is 32.1. The van der Waals surface area contributed by atoms with Crippen LogP contribution in [0, 0.1) is 0 Å². The molecule has 3 heterocycles. The molecule has 6 nitrogen and oxygen atoms in total. The van der Waals surface area contributed by atoms with Crippen molar-refractivity contribution in [1.82, 2.24) is 24.7 Å². The first-order valence-corrected chi connectivity index (χ1v) is 10.4. The lowest BCUT2D eigenvalue weighted by Crippen LogP contribution is -2.07. The van der Waals surface area contributed by atoms with Crippen LogP contribution in [0.1, 0.15) is 23.2 Å². The Morgan fingerprint density at radius 2 is 2.00 bits per heavy atom. The first kappa shape index (κ1) is 22.6. The van der Waals surface area contributed by atoms with Crippen molar-refractivity contribution in [3.8, 4) is 27.7 Å². The summed E-state index contributed by atoms with van der Waals surface area (Å²) in [6.45, 7) is 5.23. The number of methoxy groups -OCH3 is 1. The van der Waals surface area contributed by atoms with Crippen LogP contribution in [0.4, 0.5) is 17.6 Å². The Hall–Kier alpha value is -3.60. The van der Waals surface area contributed by atoms with Gasteiger partial charge in [-0.3, -0.25) is 0 Å². The highest BCUT2D eigenvalue weighted by Gasteiger charge is 2.35. The minimum atomic E-state index is -4.57. The van der Waals surface area contributed by atoms with Crippen molar-refractivity contribution in [2.75, 3.05) is 7.11 Å². The van der Waals surface area contributed by atoms with Gasteiger partial charge in [-0.25, -0.2) is 14.4 Å². The second kappa shape index (κ2) is 8.74. The van der Waals surface area contributed by atoms with Crippen molar-refractivity contribution in [1.29, 1.82) is 0 Å². The lowest BCUT2D eigenvalue weighted by molar-refractivity contribution is -0.137. The molecule has 0 fully saturated rings. The van der Waals surface area contributed by atoms with E-state index in [0.717, 1.165) is 17.4 Å².